The summed E-state index contributed by atoms with van der Waals surface area (Å²) in [6, 6.07) is 9.30. The number of carbonyl (C=O) groups excluding carboxylic acids is 1. The minimum absolute atomic E-state index is 0.0403. The molecule has 0 bridgehead atoms. The van der Waals surface area contributed by atoms with Gasteiger partial charge in [-0.3, -0.25) is 9.78 Å². The van der Waals surface area contributed by atoms with E-state index in [1.807, 2.05) is 31.2 Å². The van der Waals surface area contributed by atoms with Gasteiger partial charge in [0, 0.05) is 24.0 Å². The number of benzene rings is 1. The molecule has 1 atom stereocenters. The fourth-order valence-corrected chi connectivity index (χ4v) is 1.82. The molecule has 0 radical (unpaired) electrons. The highest BCUT2D eigenvalue weighted by molar-refractivity contribution is 6.05. The van der Waals surface area contributed by atoms with Crippen LogP contribution < -0.4 is 5.32 Å². The molecule has 90 valence electrons. The van der Waals surface area contributed by atoms with Gasteiger partial charge in [-0.15, -0.1) is 12.3 Å². The molecule has 1 aromatic carbocycles. The average molecular weight is 238 g/mol. The van der Waals surface area contributed by atoms with E-state index < -0.39 is 0 Å². The molecule has 0 aliphatic rings. The van der Waals surface area contributed by atoms with Crippen LogP contribution in [0.2, 0.25) is 0 Å². The van der Waals surface area contributed by atoms with Gasteiger partial charge in [0.2, 0.25) is 0 Å². The van der Waals surface area contributed by atoms with Gasteiger partial charge in [0.1, 0.15) is 0 Å². The largest absolute Gasteiger partial charge is 0.349 e. The highest BCUT2D eigenvalue weighted by Crippen LogP contribution is 2.15. The van der Waals surface area contributed by atoms with Crippen LogP contribution in [0.4, 0.5) is 0 Å². The van der Waals surface area contributed by atoms with Crippen molar-refractivity contribution in [2.45, 2.75) is 19.4 Å². The number of nitrogens with zero attached hydrogens (tertiary/aromatic N) is 1. The lowest BCUT2D eigenvalue weighted by atomic mass is 10.1. The molecule has 0 spiro atoms. The van der Waals surface area contributed by atoms with Crippen molar-refractivity contribution in [1.82, 2.24) is 10.3 Å². The standard InChI is InChI=1S/C15H14N2O/c1-3-6-11(2)17-15(18)13-9-4-7-12-8-5-10-16-14(12)13/h1,4-5,7-11H,6H2,2H3,(H,17,18). The van der Waals surface area contributed by atoms with Crippen LogP contribution in [0.3, 0.4) is 0 Å². The first-order valence-electron chi connectivity index (χ1n) is 5.80. The first kappa shape index (κ1) is 12.1. The molecule has 1 heterocycles. The number of carbonyl (C=O) groups is 1. The van der Waals surface area contributed by atoms with E-state index in [4.69, 9.17) is 6.42 Å². The number of hydrogen-bond donors (Lipinski definition) is 1. The lowest BCUT2D eigenvalue weighted by Crippen LogP contribution is -2.32. The lowest BCUT2D eigenvalue weighted by molar-refractivity contribution is 0.0942. The van der Waals surface area contributed by atoms with E-state index in [0.29, 0.717) is 17.5 Å². The second kappa shape index (κ2) is 5.33. The van der Waals surface area contributed by atoms with Gasteiger partial charge in [-0.05, 0) is 19.1 Å². The third-order valence-corrected chi connectivity index (χ3v) is 2.68. The van der Waals surface area contributed by atoms with Gasteiger partial charge in [-0.2, -0.15) is 0 Å². The third-order valence-electron chi connectivity index (χ3n) is 2.68. The lowest BCUT2D eigenvalue weighted by Gasteiger charge is -2.11. The molecule has 1 unspecified atom stereocenters. The van der Waals surface area contributed by atoms with Crippen molar-refractivity contribution in [2.75, 3.05) is 0 Å². The summed E-state index contributed by atoms with van der Waals surface area (Å²) in [5, 5.41) is 3.82. The molecule has 1 N–H and O–H groups in total. The number of rotatable bonds is 3. The maximum absolute atomic E-state index is 12.1. The number of terminal acetylenes is 1. The highest BCUT2D eigenvalue weighted by Gasteiger charge is 2.12. The Bertz CT molecular complexity index is 608. The normalized spacial score (nSPS) is 11.8. The van der Waals surface area contributed by atoms with Crippen molar-refractivity contribution in [3.05, 3.63) is 42.1 Å². The van der Waals surface area contributed by atoms with Crippen LogP contribution in [0.5, 0.6) is 0 Å². The zero-order valence-corrected chi connectivity index (χ0v) is 10.2. The molecular formula is C15H14N2O. The van der Waals surface area contributed by atoms with Crippen LogP contribution >= 0.6 is 0 Å². The van der Waals surface area contributed by atoms with E-state index in [0.717, 1.165) is 5.39 Å². The van der Waals surface area contributed by atoms with Gasteiger partial charge in [0.15, 0.2) is 0 Å². The van der Waals surface area contributed by atoms with Crippen molar-refractivity contribution in [2.24, 2.45) is 0 Å². The fourth-order valence-electron chi connectivity index (χ4n) is 1.82. The minimum Gasteiger partial charge on any atom is -0.349 e. The molecule has 0 fully saturated rings. The quantitative estimate of drug-likeness (QED) is 0.834. The minimum atomic E-state index is -0.137. The third kappa shape index (κ3) is 2.49. The number of amides is 1. The molecule has 2 aromatic rings. The van der Waals surface area contributed by atoms with Crippen LogP contribution in [0, 0.1) is 12.3 Å². The summed E-state index contributed by atoms with van der Waals surface area (Å²) >= 11 is 0. The van der Waals surface area contributed by atoms with Crippen molar-refractivity contribution >= 4 is 16.8 Å². The van der Waals surface area contributed by atoms with Crippen LogP contribution in [-0.2, 0) is 0 Å². The van der Waals surface area contributed by atoms with Gasteiger partial charge in [0.25, 0.3) is 5.91 Å². The topological polar surface area (TPSA) is 42.0 Å². The van der Waals surface area contributed by atoms with Gasteiger partial charge >= 0.3 is 0 Å². The van der Waals surface area contributed by atoms with E-state index in [1.165, 1.54) is 0 Å². The predicted octanol–water partition coefficient (Wildman–Crippen LogP) is 2.38. The zero-order valence-electron chi connectivity index (χ0n) is 10.2. The van der Waals surface area contributed by atoms with Gasteiger partial charge in [-0.1, -0.05) is 18.2 Å². The smallest absolute Gasteiger partial charge is 0.253 e. The van der Waals surface area contributed by atoms with Crippen molar-refractivity contribution in [3.8, 4) is 12.3 Å². The molecule has 3 heteroatoms. The van der Waals surface area contributed by atoms with Gasteiger partial charge in [0.05, 0.1) is 11.1 Å². The van der Waals surface area contributed by atoms with E-state index >= 15 is 0 Å². The number of nitrogens with one attached hydrogen (secondary N) is 1. The molecule has 2 rings (SSSR count). The summed E-state index contributed by atoms with van der Waals surface area (Å²) in [7, 11) is 0. The van der Waals surface area contributed by atoms with Crippen LogP contribution in [0.1, 0.15) is 23.7 Å². The molecule has 1 aromatic heterocycles. The maximum atomic E-state index is 12.1. The van der Waals surface area contributed by atoms with Crippen molar-refractivity contribution < 1.29 is 4.79 Å². The average Bonchev–Trinajstić information content (AvgIpc) is 2.38. The molecule has 3 nitrogen and oxygen atoms in total. The zero-order chi connectivity index (χ0) is 13.0. The second-order valence-corrected chi connectivity index (χ2v) is 4.16. The number of para-hydroxylation sites is 1. The molecule has 0 saturated carbocycles. The Hall–Kier alpha value is -2.34. The first-order chi connectivity index (χ1) is 8.72. The van der Waals surface area contributed by atoms with E-state index in [2.05, 4.69) is 16.2 Å². The van der Waals surface area contributed by atoms with Crippen LogP contribution in [0.15, 0.2) is 36.5 Å². The molecule has 1 amide bonds. The maximum Gasteiger partial charge on any atom is 0.253 e. The summed E-state index contributed by atoms with van der Waals surface area (Å²) in [6.07, 6.45) is 7.42. The Morgan fingerprint density at radius 2 is 2.22 bits per heavy atom. The van der Waals surface area contributed by atoms with E-state index in [-0.39, 0.29) is 11.9 Å². The Labute approximate surface area is 106 Å². The molecule has 0 saturated heterocycles. The highest BCUT2D eigenvalue weighted by atomic mass is 16.1. The predicted molar refractivity (Wildman–Crippen MR) is 72.1 cm³/mol. The van der Waals surface area contributed by atoms with Crippen molar-refractivity contribution in [3.63, 3.8) is 0 Å². The summed E-state index contributed by atoms with van der Waals surface area (Å²) in [4.78, 5) is 16.4. The first-order valence-corrected chi connectivity index (χ1v) is 5.80. The number of fused-ring (bicyclic) bond motifs is 1. The molecule has 0 aliphatic heterocycles. The summed E-state index contributed by atoms with van der Waals surface area (Å²) in [5.74, 6) is 2.39. The fraction of sp³-hybridized carbons (Fsp3) is 0.200. The summed E-state index contributed by atoms with van der Waals surface area (Å²) < 4.78 is 0. The SMILES string of the molecule is C#CCC(C)NC(=O)c1cccc2cccnc12. The number of aromatic nitrogens is 1. The molecular weight excluding hydrogens is 224 g/mol. The van der Waals surface area contributed by atoms with Gasteiger partial charge in [-0.25, -0.2) is 0 Å². The second-order valence-electron chi connectivity index (χ2n) is 4.16. The number of hydrogen-bond acceptors (Lipinski definition) is 2. The molecule has 0 aliphatic carbocycles. The van der Waals surface area contributed by atoms with Crippen LogP contribution in [-0.4, -0.2) is 16.9 Å². The van der Waals surface area contributed by atoms with Crippen molar-refractivity contribution in [1.29, 1.82) is 0 Å². The van der Waals surface area contributed by atoms with E-state index in [1.54, 1.807) is 12.3 Å². The van der Waals surface area contributed by atoms with Gasteiger partial charge < -0.3 is 5.32 Å². The Balaban J connectivity index is 2.31. The molecule has 18 heavy (non-hydrogen) atoms. The van der Waals surface area contributed by atoms with E-state index in [9.17, 15) is 4.79 Å². The summed E-state index contributed by atoms with van der Waals surface area (Å²) in [5.41, 5.74) is 1.29. The monoisotopic (exact) mass is 238 g/mol. The summed E-state index contributed by atoms with van der Waals surface area (Å²) in [6.45, 7) is 1.89. The Morgan fingerprint density at radius 3 is 3.00 bits per heavy atom. The van der Waals surface area contributed by atoms with Crippen LogP contribution in [0.25, 0.3) is 10.9 Å². The Kier molecular flexibility index (Phi) is 3.59. The number of pyridine rings is 1. The Morgan fingerprint density at radius 1 is 1.44 bits per heavy atom.